The summed E-state index contributed by atoms with van der Waals surface area (Å²) in [7, 11) is 0. The van der Waals surface area contributed by atoms with E-state index in [0.717, 1.165) is 17.8 Å². The average Bonchev–Trinajstić information content (AvgIpc) is 3.12. The third-order valence-electron chi connectivity index (χ3n) is 6.02. The van der Waals surface area contributed by atoms with Crippen molar-refractivity contribution in [1.82, 2.24) is 20.1 Å². The molecule has 6 heteroatoms. The molecule has 1 unspecified atom stereocenters. The van der Waals surface area contributed by atoms with Crippen molar-refractivity contribution in [3.05, 3.63) is 41.9 Å². The molecule has 0 saturated heterocycles. The number of rotatable bonds is 4. The van der Waals surface area contributed by atoms with E-state index in [1.165, 1.54) is 32.1 Å². The third-order valence-corrected chi connectivity index (χ3v) is 6.02. The van der Waals surface area contributed by atoms with Crippen LogP contribution < -0.4 is 10.6 Å². The summed E-state index contributed by atoms with van der Waals surface area (Å²) in [4.78, 5) is 16.9. The lowest BCUT2D eigenvalue weighted by Gasteiger charge is -2.42. The molecule has 1 aliphatic carbocycles. The van der Waals surface area contributed by atoms with Crippen molar-refractivity contribution >= 4 is 11.7 Å². The molecule has 1 amide bonds. The van der Waals surface area contributed by atoms with Crippen molar-refractivity contribution in [2.24, 2.45) is 5.92 Å². The van der Waals surface area contributed by atoms with Crippen LogP contribution in [-0.4, -0.2) is 26.7 Å². The van der Waals surface area contributed by atoms with Gasteiger partial charge in [-0.15, -0.1) is 0 Å². The van der Waals surface area contributed by atoms with Crippen molar-refractivity contribution in [1.29, 1.82) is 0 Å². The summed E-state index contributed by atoms with van der Waals surface area (Å²) in [6.07, 6.45) is 12.8. The highest BCUT2D eigenvalue weighted by molar-refractivity contribution is 5.98. The van der Waals surface area contributed by atoms with Crippen LogP contribution in [0.15, 0.2) is 30.7 Å². The second-order valence-electron chi connectivity index (χ2n) is 8.53. The van der Waals surface area contributed by atoms with Gasteiger partial charge in [0.25, 0.3) is 5.91 Å². The van der Waals surface area contributed by atoms with Crippen molar-refractivity contribution < 1.29 is 4.79 Å². The number of nitrogens with zero attached hydrogens (tertiary/aromatic N) is 3. The maximum absolute atomic E-state index is 12.8. The van der Waals surface area contributed by atoms with E-state index in [4.69, 9.17) is 0 Å². The molecule has 4 rings (SSSR count). The van der Waals surface area contributed by atoms with Gasteiger partial charge in [-0.1, -0.05) is 25.3 Å². The Kier molecular flexibility index (Phi) is 4.89. The molecule has 2 aromatic rings. The van der Waals surface area contributed by atoms with Crippen LogP contribution in [0.1, 0.15) is 68.3 Å². The number of anilines is 1. The minimum Gasteiger partial charge on any atom is -0.366 e. The largest absolute Gasteiger partial charge is 0.366 e. The molecular weight excluding hydrogens is 338 g/mol. The molecule has 2 aromatic heterocycles. The molecule has 1 atom stereocenters. The minimum atomic E-state index is -0.0927. The Balaban J connectivity index is 1.52. The molecule has 1 saturated carbocycles. The standard InChI is InChI=1S/C21H29N5O/c1-21(2)11-18(16-8-4-3-5-9-16)25-19-17(14-24-26(19)21)20(27)23-13-15-7-6-10-22-12-15/h6-7,10,12,14,16,18,25H,3-5,8-9,11,13H2,1-2H3,(H,23,27). The summed E-state index contributed by atoms with van der Waals surface area (Å²) in [6.45, 7) is 4.90. The molecule has 2 aliphatic rings. The lowest BCUT2D eigenvalue weighted by Crippen LogP contribution is -2.45. The first-order chi connectivity index (χ1) is 13.0. The topological polar surface area (TPSA) is 71.8 Å². The van der Waals surface area contributed by atoms with Gasteiger partial charge in [0, 0.05) is 25.0 Å². The van der Waals surface area contributed by atoms with Crippen LogP contribution >= 0.6 is 0 Å². The van der Waals surface area contributed by atoms with Gasteiger partial charge in [0.15, 0.2) is 0 Å². The molecular formula is C21H29N5O. The Labute approximate surface area is 160 Å². The van der Waals surface area contributed by atoms with Gasteiger partial charge in [0.1, 0.15) is 11.4 Å². The zero-order valence-corrected chi connectivity index (χ0v) is 16.2. The first-order valence-electron chi connectivity index (χ1n) is 10.1. The van der Waals surface area contributed by atoms with Crippen molar-refractivity contribution in [2.45, 2.75) is 70.5 Å². The van der Waals surface area contributed by atoms with Gasteiger partial charge in [-0.3, -0.25) is 9.78 Å². The second-order valence-corrected chi connectivity index (χ2v) is 8.53. The molecule has 0 spiro atoms. The predicted octanol–water partition coefficient (Wildman–Crippen LogP) is 3.71. The summed E-state index contributed by atoms with van der Waals surface area (Å²) in [5.74, 6) is 1.46. The molecule has 2 N–H and O–H groups in total. The van der Waals surface area contributed by atoms with Gasteiger partial charge in [0.05, 0.1) is 11.7 Å². The zero-order valence-electron chi connectivity index (χ0n) is 16.2. The van der Waals surface area contributed by atoms with E-state index in [-0.39, 0.29) is 11.4 Å². The van der Waals surface area contributed by atoms with Crippen molar-refractivity contribution in [2.75, 3.05) is 5.32 Å². The van der Waals surface area contributed by atoms with Gasteiger partial charge >= 0.3 is 0 Å². The highest BCUT2D eigenvalue weighted by Crippen LogP contribution is 2.39. The van der Waals surface area contributed by atoms with Gasteiger partial charge < -0.3 is 10.6 Å². The average molecular weight is 367 g/mol. The first-order valence-corrected chi connectivity index (χ1v) is 10.1. The quantitative estimate of drug-likeness (QED) is 0.864. The molecule has 1 aliphatic heterocycles. The maximum Gasteiger partial charge on any atom is 0.256 e. The molecule has 144 valence electrons. The summed E-state index contributed by atoms with van der Waals surface area (Å²) >= 11 is 0. The van der Waals surface area contributed by atoms with E-state index in [1.54, 1.807) is 18.6 Å². The molecule has 0 bridgehead atoms. The zero-order chi connectivity index (χ0) is 18.9. The van der Waals surface area contributed by atoms with Crippen LogP contribution in [0, 0.1) is 5.92 Å². The van der Waals surface area contributed by atoms with E-state index in [9.17, 15) is 4.79 Å². The van der Waals surface area contributed by atoms with Crippen LogP contribution in [0.5, 0.6) is 0 Å². The van der Waals surface area contributed by atoms with Gasteiger partial charge in [0.2, 0.25) is 0 Å². The van der Waals surface area contributed by atoms with Gasteiger partial charge in [-0.25, -0.2) is 4.68 Å². The summed E-state index contributed by atoms with van der Waals surface area (Å²) in [5, 5.41) is 11.2. The van der Waals surface area contributed by atoms with E-state index in [2.05, 4.69) is 34.6 Å². The van der Waals surface area contributed by atoms with Crippen LogP contribution in [0.2, 0.25) is 0 Å². The molecule has 27 heavy (non-hydrogen) atoms. The number of aromatic nitrogens is 3. The van der Waals surface area contributed by atoms with Crippen LogP contribution in [0.25, 0.3) is 0 Å². The Morgan fingerprint density at radius 2 is 2.11 bits per heavy atom. The molecule has 3 heterocycles. The number of hydrogen-bond acceptors (Lipinski definition) is 4. The first kappa shape index (κ1) is 18.0. The van der Waals surface area contributed by atoms with Crippen LogP contribution in [-0.2, 0) is 12.1 Å². The molecule has 0 aromatic carbocycles. The SMILES string of the molecule is CC1(C)CC(C2CCCCC2)Nc2c(C(=O)NCc3cccnc3)cnn21. The fraction of sp³-hybridized carbons (Fsp3) is 0.571. The highest BCUT2D eigenvalue weighted by Gasteiger charge is 2.39. The third kappa shape index (κ3) is 3.70. The number of nitrogens with one attached hydrogen (secondary N) is 2. The lowest BCUT2D eigenvalue weighted by atomic mass is 9.78. The Morgan fingerprint density at radius 1 is 1.30 bits per heavy atom. The number of hydrogen-bond donors (Lipinski definition) is 2. The molecule has 0 radical (unpaired) electrons. The number of amides is 1. The predicted molar refractivity (Wildman–Crippen MR) is 106 cm³/mol. The molecule has 1 fully saturated rings. The van der Waals surface area contributed by atoms with E-state index in [0.29, 0.717) is 24.1 Å². The minimum absolute atomic E-state index is 0.0901. The molecule has 6 nitrogen and oxygen atoms in total. The normalized spacial score (nSPS) is 21.9. The highest BCUT2D eigenvalue weighted by atomic mass is 16.1. The van der Waals surface area contributed by atoms with E-state index in [1.807, 2.05) is 16.8 Å². The van der Waals surface area contributed by atoms with E-state index < -0.39 is 0 Å². The number of pyridine rings is 1. The fourth-order valence-electron chi connectivity index (χ4n) is 4.57. The second kappa shape index (κ2) is 7.33. The fourth-order valence-corrected chi connectivity index (χ4v) is 4.57. The summed E-state index contributed by atoms with van der Waals surface area (Å²) in [5.41, 5.74) is 1.53. The maximum atomic E-state index is 12.8. The van der Waals surface area contributed by atoms with Crippen LogP contribution in [0.3, 0.4) is 0 Å². The van der Waals surface area contributed by atoms with Crippen molar-refractivity contribution in [3.63, 3.8) is 0 Å². The number of fused-ring (bicyclic) bond motifs is 1. The summed E-state index contributed by atoms with van der Waals surface area (Å²) in [6, 6.07) is 4.25. The number of carbonyl (C=O) groups is 1. The Bertz CT molecular complexity index is 792. The van der Waals surface area contributed by atoms with Crippen LogP contribution in [0.4, 0.5) is 5.82 Å². The summed E-state index contributed by atoms with van der Waals surface area (Å²) < 4.78 is 1.99. The van der Waals surface area contributed by atoms with Gasteiger partial charge in [-0.2, -0.15) is 5.10 Å². The smallest absolute Gasteiger partial charge is 0.256 e. The Morgan fingerprint density at radius 3 is 2.85 bits per heavy atom. The van der Waals surface area contributed by atoms with E-state index >= 15 is 0 Å². The van der Waals surface area contributed by atoms with Crippen molar-refractivity contribution in [3.8, 4) is 0 Å². The number of carbonyl (C=O) groups excluding carboxylic acids is 1. The van der Waals surface area contributed by atoms with Gasteiger partial charge in [-0.05, 0) is 50.7 Å². The Hall–Kier alpha value is -2.37. The lowest BCUT2D eigenvalue weighted by molar-refractivity contribution is 0.0951. The monoisotopic (exact) mass is 367 g/mol.